The van der Waals surface area contributed by atoms with Crippen LogP contribution in [0.15, 0.2) is 29.2 Å². The molecule has 0 spiro atoms. The Morgan fingerprint density at radius 1 is 1.27 bits per heavy atom. The monoisotopic (exact) mass is 325 g/mol. The predicted molar refractivity (Wildman–Crippen MR) is 85.2 cm³/mol. The first-order valence-electron chi connectivity index (χ1n) is 7.64. The lowest BCUT2D eigenvalue weighted by atomic mass is 10.1. The fourth-order valence-corrected chi connectivity index (χ4v) is 3.36. The Hall–Kier alpha value is -1.60. The molecule has 0 atom stereocenters. The Bertz CT molecular complexity index is 599. The summed E-state index contributed by atoms with van der Waals surface area (Å²) in [6.07, 6.45) is 3.18. The van der Waals surface area contributed by atoms with Gasteiger partial charge in [-0.1, -0.05) is 25.5 Å². The number of sulfonamides is 1. The number of aryl methyl sites for hydroxylation is 1. The summed E-state index contributed by atoms with van der Waals surface area (Å²) in [7, 11) is -3.52. The Balaban J connectivity index is 1.88. The van der Waals surface area contributed by atoms with Gasteiger partial charge in [0.2, 0.25) is 10.0 Å². The van der Waals surface area contributed by atoms with Crippen molar-refractivity contribution >= 4 is 16.1 Å². The first-order chi connectivity index (χ1) is 10.5. The second-order valence-corrected chi connectivity index (χ2v) is 7.13. The van der Waals surface area contributed by atoms with Gasteiger partial charge in [0.05, 0.1) is 4.90 Å². The van der Waals surface area contributed by atoms with E-state index in [0.717, 1.165) is 24.8 Å². The molecule has 2 N–H and O–H groups in total. The standard InChI is InChI=1S/C15H23N3O3S/c1-2-3-4-13-5-7-14(8-6-13)22(20,21)17-10-12-18-11-9-16-15(18)19/h5-8,17H,2-4,9-12H2,1H3,(H,16,19). The van der Waals surface area contributed by atoms with Crippen molar-refractivity contribution in [3.05, 3.63) is 29.8 Å². The van der Waals surface area contributed by atoms with Crippen LogP contribution in [0.4, 0.5) is 4.79 Å². The van der Waals surface area contributed by atoms with Crippen molar-refractivity contribution < 1.29 is 13.2 Å². The second-order valence-electron chi connectivity index (χ2n) is 5.36. The molecule has 0 saturated carbocycles. The Labute approximate surface area is 131 Å². The van der Waals surface area contributed by atoms with E-state index < -0.39 is 10.0 Å². The summed E-state index contributed by atoms with van der Waals surface area (Å²) in [4.78, 5) is 13.2. The van der Waals surface area contributed by atoms with Gasteiger partial charge in [-0.05, 0) is 30.5 Å². The van der Waals surface area contributed by atoms with E-state index in [0.29, 0.717) is 19.6 Å². The fraction of sp³-hybridized carbons (Fsp3) is 0.533. The zero-order valence-corrected chi connectivity index (χ0v) is 13.7. The van der Waals surface area contributed by atoms with Gasteiger partial charge in [0.25, 0.3) is 0 Å². The summed E-state index contributed by atoms with van der Waals surface area (Å²) in [5.74, 6) is 0. The SMILES string of the molecule is CCCCc1ccc(S(=O)(=O)NCCN2CCNC2=O)cc1. The van der Waals surface area contributed by atoms with Gasteiger partial charge in [0.15, 0.2) is 0 Å². The van der Waals surface area contributed by atoms with Gasteiger partial charge in [-0.2, -0.15) is 0 Å². The number of unbranched alkanes of at least 4 members (excludes halogenated alkanes) is 1. The molecule has 0 bridgehead atoms. The minimum atomic E-state index is -3.52. The lowest BCUT2D eigenvalue weighted by Gasteiger charge is -2.14. The van der Waals surface area contributed by atoms with Gasteiger partial charge in [0, 0.05) is 26.2 Å². The maximum absolute atomic E-state index is 12.2. The molecule has 1 heterocycles. The number of hydrogen-bond donors (Lipinski definition) is 2. The average Bonchev–Trinajstić information content (AvgIpc) is 2.91. The molecule has 2 rings (SSSR count). The summed E-state index contributed by atoms with van der Waals surface area (Å²) in [6, 6.07) is 6.85. The van der Waals surface area contributed by atoms with Gasteiger partial charge >= 0.3 is 6.03 Å². The third-order valence-corrected chi connectivity index (χ3v) is 5.15. The summed E-state index contributed by atoms with van der Waals surface area (Å²) < 4.78 is 26.9. The van der Waals surface area contributed by atoms with Crippen molar-refractivity contribution in [2.45, 2.75) is 31.1 Å². The third kappa shape index (κ3) is 4.45. The molecule has 1 saturated heterocycles. The number of urea groups is 1. The van der Waals surface area contributed by atoms with E-state index in [1.165, 1.54) is 0 Å². The van der Waals surface area contributed by atoms with E-state index in [1.54, 1.807) is 17.0 Å². The van der Waals surface area contributed by atoms with Crippen LogP contribution in [-0.4, -0.2) is 45.5 Å². The topological polar surface area (TPSA) is 78.5 Å². The normalized spacial score (nSPS) is 15.1. The van der Waals surface area contributed by atoms with Crippen LogP contribution in [-0.2, 0) is 16.4 Å². The number of hydrogen-bond acceptors (Lipinski definition) is 3. The Morgan fingerprint density at radius 2 is 2.00 bits per heavy atom. The second kappa shape index (κ2) is 7.60. The molecule has 0 aliphatic carbocycles. The summed E-state index contributed by atoms with van der Waals surface area (Å²) in [5, 5.41) is 2.68. The van der Waals surface area contributed by atoms with E-state index in [4.69, 9.17) is 0 Å². The van der Waals surface area contributed by atoms with Crippen molar-refractivity contribution in [2.75, 3.05) is 26.2 Å². The minimum absolute atomic E-state index is 0.139. The first kappa shape index (κ1) is 16.8. The molecule has 122 valence electrons. The van der Waals surface area contributed by atoms with Gasteiger partial charge < -0.3 is 10.2 Å². The largest absolute Gasteiger partial charge is 0.336 e. The molecular weight excluding hydrogens is 302 g/mol. The highest BCUT2D eigenvalue weighted by Gasteiger charge is 2.20. The molecule has 1 aromatic rings. The molecule has 1 fully saturated rings. The van der Waals surface area contributed by atoms with E-state index in [9.17, 15) is 13.2 Å². The highest BCUT2D eigenvalue weighted by Crippen LogP contribution is 2.12. The highest BCUT2D eigenvalue weighted by molar-refractivity contribution is 7.89. The number of nitrogens with one attached hydrogen (secondary N) is 2. The highest BCUT2D eigenvalue weighted by atomic mass is 32.2. The molecule has 6 nitrogen and oxygen atoms in total. The van der Waals surface area contributed by atoms with Crippen molar-refractivity contribution in [1.29, 1.82) is 0 Å². The van der Waals surface area contributed by atoms with E-state index in [-0.39, 0.29) is 17.5 Å². The van der Waals surface area contributed by atoms with Crippen LogP contribution < -0.4 is 10.0 Å². The molecule has 1 aliphatic heterocycles. The van der Waals surface area contributed by atoms with E-state index in [2.05, 4.69) is 17.0 Å². The predicted octanol–water partition coefficient (Wildman–Crippen LogP) is 1.33. The Morgan fingerprint density at radius 3 is 2.59 bits per heavy atom. The van der Waals surface area contributed by atoms with Crippen LogP contribution in [0.5, 0.6) is 0 Å². The number of carbonyl (C=O) groups excluding carboxylic acids is 1. The molecule has 1 aromatic carbocycles. The van der Waals surface area contributed by atoms with Crippen molar-refractivity contribution in [1.82, 2.24) is 14.9 Å². The van der Waals surface area contributed by atoms with E-state index in [1.807, 2.05) is 12.1 Å². The van der Waals surface area contributed by atoms with Crippen molar-refractivity contribution in [3.8, 4) is 0 Å². The number of rotatable bonds is 8. The van der Waals surface area contributed by atoms with E-state index >= 15 is 0 Å². The quantitative estimate of drug-likeness (QED) is 0.757. The fourth-order valence-electron chi connectivity index (χ4n) is 2.34. The molecular formula is C15H23N3O3S. The third-order valence-electron chi connectivity index (χ3n) is 3.67. The molecule has 22 heavy (non-hydrogen) atoms. The molecule has 0 aromatic heterocycles. The van der Waals surface area contributed by atoms with Crippen LogP contribution in [0.1, 0.15) is 25.3 Å². The zero-order valence-electron chi connectivity index (χ0n) is 12.8. The van der Waals surface area contributed by atoms with Crippen LogP contribution >= 0.6 is 0 Å². The van der Waals surface area contributed by atoms with Crippen LogP contribution in [0.2, 0.25) is 0 Å². The maximum atomic E-state index is 12.2. The number of carbonyl (C=O) groups is 1. The van der Waals surface area contributed by atoms with Crippen LogP contribution in [0.25, 0.3) is 0 Å². The minimum Gasteiger partial charge on any atom is -0.336 e. The van der Waals surface area contributed by atoms with Crippen molar-refractivity contribution in [3.63, 3.8) is 0 Å². The smallest absolute Gasteiger partial charge is 0.317 e. The number of amides is 2. The maximum Gasteiger partial charge on any atom is 0.317 e. The van der Waals surface area contributed by atoms with Crippen LogP contribution in [0.3, 0.4) is 0 Å². The Kier molecular flexibility index (Phi) is 5.79. The lowest BCUT2D eigenvalue weighted by molar-refractivity contribution is 0.218. The van der Waals surface area contributed by atoms with Gasteiger partial charge in [-0.3, -0.25) is 0 Å². The van der Waals surface area contributed by atoms with Crippen molar-refractivity contribution in [2.24, 2.45) is 0 Å². The molecule has 7 heteroatoms. The zero-order chi connectivity index (χ0) is 16.0. The summed E-state index contributed by atoms with van der Waals surface area (Å²) in [6.45, 7) is 3.95. The molecule has 2 amide bonds. The van der Waals surface area contributed by atoms with Gasteiger partial charge in [-0.15, -0.1) is 0 Å². The number of benzene rings is 1. The molecule has 0 unspecified atom stereocenters. The summed E-state index contributed by atoms with van der Waals surface area (Å²) in [5.41, 5.74) is 1.15. The molecule has 0 radical (unpaired) electrons. The summed E-state index contributed by atoms with van der Waals surface area (Å²) >= 11 is 0. The molecule has 1 aliphatic rings. The van der Waals surface area contributed by atoms with Gasteiger partial charge in [-0.25, -0.2) is 17.9 Å². The number of nitrogens with zero attached hydrogens (tertiary/aromatic N) is 1. The van der Waals surface area contributed by atoms with Gasteiger partial charge in [0.1, 0.15) is 0 Å². The average molecular weight is 325 g/mol. The first-order valence-corrected chi connectivity index (χ1v) is 9.12. The lowest BCUT2D eigenvalue weighted by Crippen LogP contribution is -2.36. The van der Waals surface area contributed by atoms with Crippen LogP contribution in [0, 0.1) is 0 Å².